The van der Waals surface area contributed by atoms with Gasteiger partial charge < -0.3 is 10.3 Å². The minimum absolute atomic E-state index is 0.00996. The number of rotatable bonds is 4. The standard InChI is InChI=1S/C11H13BrN4O2S/c1-16-7-14-10(13)11(16)19(17,18)15-6-8-3-2-4-9(12)5-8/h2-5,7,15H,6,13H2,1H3. The van der Waals surface area contributed by atoms with Crippen molar-refractivity contribution in [3.05, 3.63) is 40.6 Å². The second-order valence-corrected chi connectivity index (χ2v) is 6.60. The Labute approximate surface area is 119 Å². The first-order chi connectivity index (χ1) is 8.90. The third kappa shape index (κ3) is 3.14. The Kier molecular flexibility index (Phi) is 3.93. The lowest BCUT2D eigenvalue weighted by Crippen LogP contribution is -2.25. The molecule has 0 fully saturated rings. The average Bonchev–Trinajstić information content (AvgIpc) is 2.67. The van der Waals surface area contributed by atoms with E-state index in [0.717, 1.165) is 10.0 Å². The van der Waals surface area contributed by atoms with Gasteiger partial charge in [-0.3, -0.25) is 0 Å². The van der Waals surface area contributed by atoms with Crippen LogP contribution in [0.25, 0.3) is 0 Å². The van der Waals surface area contributed by atoms with E-state index < -0.39 is 10.0 Å². The van der Waals surface area contributed by atoms with Crippen LogP contribution in [-0.2, 0) is 23.6 Å². The van der Waals surface area contributed by atoms with E-state index in [4.69, 9.17) is 5.73 Å². The molecule has 19 heavy (non-hydrogen) atoms. The number of nitrogen functional groups attached to an aromatic ring is 1. The van der Waals surface area contributed by atoms with E-state index in [1.165, 1.54) is 10.9 Å². The highest BCUT2D eigenvalue weighted by Gasteiger charge is 2.21. The molecule has 0 amide bonds. The van der Waals surface area contributed by atoms with Crippen molar-refractivity contribution in [2.45, 2.75) is 11.6 Å². The summed E-state index contributed by atoms with van der Waals surface area (Å²) in [5, 5.41) is -0.0255. The van der Waals surface area contributed by atoms with E-state index >= 15 is 0 Å². The van der Waals surface area contributed by atoms with Crippen LogP contribution in [0.2, 0.25) is 0 Å². The van der Waals surface area contributed by atoms with Crippen LogP contribution >= 0.6 is 15.9 Å². The van der Waals surface area contributed by atoms with Crippen LogP contribution in [0, 0.1) is 0 Å². The summed E-state index contributed by atoms with van der Waals surface area (Å²) < 4.78 is 29.0. The number of imidazole rings is 1. The lowest BCUT2D eigenvalue weighted by molar-refractivity contribution is 0.571. The van der Waals surface area contributed by atoms with Crippen molar-refractivity contribution >= 4 is 31.8 Å². The Bertz CT molecular complexity index is 677. The summed E-state index contributed by atoms with van der Waals surface area (Å²) in [7, 11) is -2.10. The summed E-state index contributed by atoms with van der Waals surface area (Å²) in [6.07, 6.45) is 1.36. The van der Waals surface area contributed by atoms with Gasteiger partial charge in [0.05, 0.1) is 6.33 Å². The molecule has 0 unspecified atom stereocenters. The molecule has 1 heterocycles. The number of aryl methyl sites for hydroxylation is 1. The number of aromatic nitrogens is 2. The Balaban J connectivity index is 2.19. The fourth-order valence-corrected chi connectivity index (χ4v) is 3.35. The monoisotopic (exact) mass is 344 g/mol. The van der Waals surface area contributed by atoms with Gasteiger partial charge in [0, 0.05) is 18.1 Å². The van der Waals surface area contributed by atoms with Gasteiger partial charge in [-0.1, -0.05) is 28.1 Å². The highest BCUT2D eigenvalue weighted by Crippen LogP contribution is 2.16. The number of nitrogens with two attached hydrogens (primary N) is 1. The Hall–Kier alpha value is -1.38. The number of benzene rings is 1. The summed E-state index contributed by atoms with van der Waals surface area (Å²) >= 11 is 3.33. The molecule has 0 atom stereocenters. The number of nitrogens with one attached hydrogen (secondary N) is 1. The first-order valence-electron chi connectivity index (χ1n) is 5.41. The molecule has 2 aromatic rings. The van der Waals surface area contributed by atoms with Crippen LogP contribution in [0.1, 0.15) is 5.56 Å². The fraction of sp³-hybridized carbons (Fsp3) is 0.182. The highest BCUT2D eigenvalue weighted by molar-refractivity contribution is 9.10. The second kappa shape index (κ2) is 5.32. The van der Waals surface area contributed by atoms with Gasteiger partial charge in [-0.2, -0.15) is 0 Å². The quantitative estimate of drug-likeness (QED) is 0.873. The molecule has 0 radical (unpaired) electrons. The van der Waals surface area contributed by atoms with Gasteiger partial charge in [0.1, 0.15) is 0 Å². The third-order valence-corrected chi connectivity index (χ3v) is 4.54. The molecule has 0 saturated heterocycles. The lowest BCUT2D eigenvalue weighted by atomic mass is 10.2. The van der Waals surface area contributed by atoms with E-state index in [1.807, 2.05) is 24.3 Å². The molecule has 3 N–H and O–H groups in total. The molecule has 2 rings (SSSR count). The van der Waals surface area contributed by atoms with Crippen molar-refractivity contribution in [3.63, 3.8) is 0 Å². The van der Waals surface area contributed by atoms with Crippen LogP contribution in [0.5, 0.6) is 0 Å². The first kappa shape index (κ1) is 14.0. The SMILES string of the molecule is Cn1cnc(N)c1S(=O)(=O)NCc1cccc(Br)c1. The summed E-state index contributed by atoms with van der Waals surface area (Å²) in [6.45, 7) is 0.187. The minimum atomic E-state index is -3.68. The van der Waals surface area contributed by atoms with Crippen molar-refractivity contribution < 1.29 is 8.42 Å². The van der Waals surface area contributed by atoms with Crippen molar-refractivity contribution in [3.8, 4) is 0 Å². The maximum Gasteiger partial charge on any atom is 0.260 e. The normalized spacial score (nSPS) is 11.7. The molecular weight excluding hydrogens is 332 g/mol. The maximum atomic E-state index is 12.1. The molecule has 0 saturated carbocycles. The van der Waals surface area contributed by atoms with Gasteiger partial charge in [0.2, 0.25) is 0 Å². The molecular formula is C11H13BrN4O2S. The summed E-state index contributed by atoms with van der Waals surface area (Å²) in [5.74, 6) is -0.00996. The van der Waals surface area contributed by atoms with Crippen LogP contribution in [0.3, 0.4) is 0 Å². The minimum Gasteiger partial charge on any atom is -0.381 e. The van der Waals surface area contributed by atoms with Gasteiger partial charge in [0.15, 0.2) is 10.8 Å². The predicted molar refractivity (Wildman–Crippen MR) is 75.8 cm³/mol. The second-order valence-electron chi connectivity index (χ2n) is 4.00. The molecule has 0 aliphatic rings. The summed E-state index contributed by atoms with van der Waals surface area (Å²) in [4.78, 5) is 3.77. The molecule has 0 aliphatic carbocycles. The van der Waals surface area contributed by atoms with Crippen LogP contribution in [0.4, 0.5) is 5.82 Å². The smallest absolute Gasteiger partial charge is 0.260 e. The van der Waals surface area contributed by atoms with E-state index in [1.54, 1.807) is 7.05 Å². The van der Waals surface area contributed by atoms with Crippen LogP contribution in [0.15, 0.2) is 40.1 Å². The van der Waals surface area contributed by atoms with E-state index in [2.05, 4.69) is 25.6 Å². The van der Waals surface area contributed by atoms with Crippen molar-refractivity contribution in [1.82, 2.24) is 14.3 Å². The topological polar surface area (TPSA) is 90.0 Å². The number of hydrogen-bond donors (Lipinski definition) is 2. The maximum absolute atomic E-state index is 12.1. The van der Waals surface area contributed by atoms with Crippen molar-refractivity contribution in [2.24, 2.45) is 7.05 Å². The van der Waals surface area contributed by atoms with Gasteiger partial charge in [-0.25, -0.2) is 18.1 Å². The molecule has 1 aromatic heterocycles. The van der Waals surface area contributed by atoms with Gasteiger partial charge in [-0.15, -0.1) is 0 Å². The molecule has 0 aliphatic heterocycles. The van der Waals surface area contributed by atoms with Crippen molar-refractivity contribution in [1.29, 1.82) is 0 Å². The predicted octanol–water partition coefficient (Wildman–Crippen LogP) is 1.24. The summed E-state index contributed by atoms with van der Waals surface area (Å²) in [5.41, 5.74) is 6.41. The molecule has 8 heteroatoms. The number of sulfonamides is 1. The third-order valence-electron chi connectivity index (χ3n) is 2.52. The zero-order chi connectivity index (χ0) is 14.0. The zero-order valence-electron chi connectivity index (χ0n) is 10.2. The lowest BCUT2D eigenvalue weighted by Gasteiger charge is -2.08. The van der Waals surface area contributed by atoms with Gasteiger partial charge in [0.25, 0.3) is 10.0 Å². The average molecular weight is 345 g/mol. The molecule has 6 nitrogen and oxygen atoms in total. The fourth-order valence-electron chi connectivity index (χ4n) is 1.66. The van der Waals surface area contributed by atoms with Gasteiger partial charge >= 0.3 is 0 Å². The Morgan fingerprint density at radius 1 is 1.47 bits per heavy atom. The number of halogens is 1. The number of anilines is 1. The Morgan fingerprint density at radius 2 is 2.21 bits per heavy atom. The molecule has 0 spiro atoms. The molecule has 102 valence electrons. The van der Waals surface area contributed by atoms with Crippen LogP contribution < -0.4 is 10.5 Å². The van der Waals surface area contributed by atoms with E-state index in [9.17, 15) is 8.42 Å². The number of nitrogens with zero attached hydrogens (tertiary/aromatic N) is 2. The van der Waals surface area contributed by atoms with Crippen molar-refractivity contribution in [2.75, 3.05) is 5.73 Å². The van der Waals surface area contributed by atoms with E-state index in [0.29, 0.717) is 0 Å². The first-order valence-corrected chi connectivity index (χ1v) is 7.68. The summed E-state index contributed by atoms with van der Waals surface area (Å²) in [6, 6.07) is 7.39. The highest BCUT2D eigenvalue weighted by atomic mass is 79.9. The largest absolute Gasteiger partial charge is 0.381 e. The molecule has 1 aromatic carbocycles. The Morgan fingerprint density at radius 3 is 2.79 bits per heavy atom. The number of hydrogen-bond acceptors (Lipinski definition) is 4. The van der Waals surface area contributed by atoms with Gasteiger partial charge in [-0.05, 0) is 17.7 Å². The zero-order valence-corrected chi connectivity index (χ0v) is 12.6. The van der Waals surface area contributed by atoms with Crippen LogP contribution in [-0.4, -0.2) is 18.0 Å². The molecule has 0 bridgehead atoms. The van der Waals surface area contributed by atoms with E-state index in [-0.39, 0.29) is 17.4 Å².